The minimum absolute atomic E-state index is 0.220. The van der Waals surface area contributed by atoms with E-state index in [-0.39, 0.29) is 5.91 Å². The van der Waals surface area contributed by atoms with Crippen molar-refractivity contribution in [3.63, 3.8) is 0 Å². The van der Waals surface area contributed by atoms with Crippen molar-refractivity contribution in [3.8, 4) is 5.69 Å². The van der Waals surface area contributed by atoms with Crippen LogP contribution in [0.4, 0.5) is 5.69 Å². The summed E-state index contributed by atoms with van der Waals surface area (Å²) in [5.41, 5.74) is 6.44. The topological polar surface area (TPSA) is 85.8 Å². The Balaban J connectivity index is 2.29. The summed E-state index contributed by atoms with van der Waals surface area (Å²) < 4.78 is 1.59. The van der Waals surface area contributed by atoms with Gasteiger partial charge in [0.05, 0.1) is 29.3 Å². The predicted octanol–water partition coefficient (Wildman–Crippen LogP) is 1.33. The molecule has 6 heteroatoms. The molecule has 1 aromatic heterocycles. The number of rotatable bonds is 4. The minimum atomic E-state index is -0.893. The molecule has 0 aliphatic rings. The fourth-order valence-electron chi connectivity index (χ4n) is 1.54. The van der Waals surface area contributed by atoms with Crippen molar-refractivity contribution in [2.45, 2.75) is 25.8 Å². The Hall–Kier alpha value is -2.21. The third-order valence-corrected chi connectivity index (χ3v) is 3.07. The zero-order valence-corrected chi connectivity index (χ0v) is 11.0. The molecule has 1 aromatic carbocycles. The summed E-state index contributed by atoms with van der Waals surface area (Å²) in [7, 11) is 0. The highest BCUT2D eigenvalue weighted by molar-refractivity contribution is 5.99. The number of nitrogens with zero attached hydrogens (tertiary/aromatic N) is 3. The molecule has 0 saturated carbocycles. The third kappa shape index (κ3) is 2.79. The summed E-state index contributed by atoms with van der Waals surface area (Å²) in [6.45, 7) is 3.59. The van der Waals surface area contributed by atoms with E-state index >= 15 is 0 Å². The van der Waals surface area contributed by atoms with Gasteiger partial charge in [0.2, 0.25) is 5.91 Å². The molecule has 2 aromatic rings. The van der Waals surface area contributed by atoms with E-state index in [1.807, 2.05) is 25.1 Å². The number of benzene rings is 1. The lowest BCUT2D eigenvalue weighted by atomic mass is 9.99. The van der Waals surface area contributed by atoms with E-state index in [1.165, 1.54) is 0 Å². The van der Waals surface area contributed by atoms with Crippen molar-refractivity contribution in [2.24, 2.45) is 5.73 Å². The fourth-order valence-corrected chi connectivity index (χ4v) is 1.54. The van der Waals surface area contributed by atoms with E-state index in [1.54, 1.807) is 30.1 Å². The first-order valence-electron chi connectivity index (χ1n) is 6.10. The Morgan fingerprint density at radius 3 is 2.84 bits per heavy atom. The van der Waals surface area contributed by atoms with E-state index in [2.05, 4.69) is 15.6 Å². The largest absolute Gasteiger partial charge is 0.323 e. The van der Waals surface area contributed by atoms with Crippen LogP contribution in [0.3, 0.4) is 0 Å². The van der Waals surface area contributed by atoms with E-state index < -0.39 is 5.54 Å². The zero-order valence-electron chi connectivity index (χ0n) is 11.0. The van der Waals surface area contributed by atoms with Crippen molar-refractivity contribution in [2.75, 3.05) is 5.32 Å². The zero-order chi connectivity index (χ0) is 13.9. The van der Waals surface area contributed by atoms with Crippen LogP contribution in [0, 0.1) is 0 Å². The maximum absolute atomic E-state index is 12.1. The maximum atomic E-state index is 12.1. The van der Waals surface area contributed by atoms with Crippen LogP contribution in [0.1, 0.15) is 20.3 Å². The molecule has 0 spiro atoms. The summed E-state index contributed by atoms with van der Waals surface area (Å²) in [6, 6.07) is 7.37. The number of aromatic nitrogens is 3. The first-order valence-corrected chi connectivity index (χ1v) is 6.10. The molecule has 0 bridgehead atoms. The van der Waals surface area contributed by atoms with Gasteiger partial charge in [-0.1, -0.05) is 24.3 Å². The third-order valence-electron chi connectivity index (χ3n) is 3.07. The van der Waals surface area contributed by atoms with Crippen LogP contribution in [0.5, 0.6) is 0 Å². The second-order valence-corrected chi connectivity index (χ2v) is 4.59. The molecule has 19 heavy (non-hydrogen) atoms. The summed E-state index contributed by atoms with van der Waals surface area (Å²) in [5, 5.41) is 10.5. The van der Waals surface area contributed by atoms with Gasteiger partial charge in [-0.2, -0.15) is 0 Å². The van der Waals surface area contributed by atoms with Gasteiger partial charge in [-0.3, -0.25) is 4.79 Å². The number of carbonyl (C=O) groups is 1. The Labute approximate surface area is 111 Å². The molecule has 0 fully saturated rings. The number of hydrogen-bond acceptors (Lipinski definition) is 4. The van der Waals surface area contributed by atoms with Crippen molar-refractivity contribution >= 4 is 11.6 Å². The summed E-state index contributed by atoms with van der Waals surface area (Å²) in [4.78, 5) is 12.1. The van der Waals surface area contributed by atoms with Gasteiger partial charge in [-0.15, -0.1) is 5.10 Å². The monoisotopic (exact) mass is 259 g/mol. The van der Waals surface area contributed by atoms with E-state index in [4.69, 9.17) is 5.73 Å². The number of anilines is 1. The average molecular weight is 259 g/mol. The van der Waals surface area contributed by atoms with Gasteiger partial charge < -0.3 is 11.1 Å². The van der Waals surface area contributed by atoms with Gasteiger partial charge in [0.15, 0.2) is 0 Å². The SMILES string of the molecule is CCC(C)(N)C(=O)Nc1ccccc1-n1ccnn1. The van der Waals surface area contributed by atoms with Crippen molar-refractivity contribution in [3.05, 3.63) is 36.7 Å². The number of amides is 1. The number of nitrogens with one attached hydrogen (secondary N) is 1. The molecule has 2 rings (SSSR count). The Morgan fingerprint density at radius 2 is 2.21 bits per heavy atom. The normalized spacial score (nSPS) is 13.8. The molecule has 100 valence electrons. The van der Waals surface area contributed by atoms with Crippen molar-refractivity contribution < 1.29 is 4.79 Å². The smallest absolute Gasteiger partial charge is 0.244 e. The average Bonchev–Trinajstić information content (AvgIpc) is 2.93. The van der Waals surface area contributed by atoms with Crippen molar-refractivity contribution in [1.29, 1.82) is 0 Å². The Kier molecular flexibility index (Phi) is 3.62. The Morgan fingerprint density at radius 1 is 1.47 bits per heavy atom. The van der Waals surface area contributed by atoms with Crippen LogP contribution in [-0.2, 0) is 4.79 Å². The van der Waals surface area contributed by atoms with Crippen LogP contribution in [0.15, 0.2) is 36.7 Å². The molecule has 0 aliphatic carbocycles. The van der Waals surface area contributed by atoms with Crippen LogP contribution in [0.2, 0.25) is 0 Å². The highest BCUT2D eigenvalue weighted by Crippen LogP contribution is 2.20. The van der Waals surface area contributed by atoms with E-state index in [0.717, 1.165) is 5.69 Å². The lowest BCUT2D eigenvalue weighted by Gasteiger charge is -2.22. The molecule has 0 radical (unpaired) electrons. The highest BCUT2D eigenvalue weighted by Gasteiger charge is 2.26. The van der Waals surface area contributed by atoms with Crippen LogP contribution in [-0.4, -0.2) is 26.4 Å². The first-order chi connectivity index (χ1) is 9.04. The second kappa shape index (κ2) is 5.19. The molecule has 3 N–H and O–H groups in total. The molecule has 1 atom stereocenters. The lowest BCUT2D eigenvalue weighted by Crippen LogP contribution is -2.47. The molecular weight excluding hydrogens is 242 g/mol. The molecule has 0 aliphatic heterocycles. The predicted molar refractivity (Wildman–Crippen MR) is 72.9 cm³/mol. The van der Waals surface area contributed by atoms with Crippen LogP contribution in [0.25, 0.3) is 5.69 Å². The van der Waals surface area contributed by atoms with Crippen molar-refractivity contribution in [1.82, 2.24) is 15.0 Å². The maximum Gasteiger partial charge on any atom is 0.244 e. The molecular formula is C13H17N5O. The lowest BCUT2D eigenvalue weighted by molar-refractivity contribution is -0.120. The highest BCUT2D eigenvalue weighted by atomic mass is 16.2. The van der Waals surface area contributed by atoms with Crippen LogP contribution < -0.4 is 11.1 Å². The van der Waals surface area contributed by atoms with Gasteiger partial charge >= 0.3 is 0 Å². The number of para-hydroxylation sites is 2. The van der Waals surface area contributed by atoms with Gasteiger partial charge in [-0.25, -0.2) is 4.68 Å². The fraction of sp³-hybridized carbons (Fsp3) is 0.308. The van der Waals surface area contributed by atoms with Gasteiger partial charge in [0, 0.05) is 0 Å². The minimum Gasteiger partial charge on any atom is -0.323 e. The van der Waals surface area contributed by atoms with Crippen LogP contribution >= 0.6 is 0 Å². The van der Waals surface area contributed by atoms with E-state index in [0.29, 0.717) is 12.1 Å². The molecule has 1 heterocycles. The molecule has 6 nitrogen and oxygen atoms in total. The summed E-state index contributed by atoms with van der Waals surface area (Å²) >= 11 is 0. The molecule has 1 amide bonds. The van der Waals surface area contributed by atoms with Gasteiger partial charge in [0.1, 0.15) is 0 Å². The van der Waals surface area contributed by atoms with E-state index in [9.17, 15) is 4.79 Å². The second-order valence-electron chi connectivity index (χ2n) is 4.59. The number of carbonyl (C=O) groups excluding carboxylic acids is 1. The molecule has 1 unspecified atom stereocenters. The van der Waals surface area contributed by atoms with Gasteiger partial charge in [-0.05, 0) is 25.5 Å². The first kappa shape index (κ1) is 13.2. The summed E-state index contributed by atoms with van der Waals surface area (Å²) in [5.74, 6) is -0.220. The number of hydrogen-bond donors (Lipinski definition) is 2. The quantitative estimate of drug-likeness (QED) is 0.867. The molecule has 0 saturated heterocycles. The standard InChI is InChI=1S/C13H17N5O/c1-3-13(2,14)12(19)16-10-6-4-5-7-11(10)18-9-8-15-17-18/h4-9H,3,14H2,1-2H3,(H,16,19). The summed E-state index contributed by atoms with van der Waals surface area (Å²) in [6.07, 6.45) is 3.86. The van der Waals surface area contributed by atoms with Gasteiger partial charge in [0.25, 0.3) is 0 Å². The number of nitrogens with two attached hydrogens (primary N) is 1. The Bertz CT molecular complexity index is 562.